The molecule has 1 N–H and O–H groups in total. The van der Waals surface area contributed by atoms with Crippen LogP contribution in [0.5, 0.6) is 11.5 Å². The first-order valence-corrected chi connectivity index (χ1v) is 12.0. The fourth-order valence-corrected chi connectivity index (χ4v) is 5.42. The molecule has 1 atom stereocenters. The lowest BCUT2D eigenvalue weighted by atomic mass is 9.85. The van der Waals surface area contributed by atoms with Crippen molar-refractivity contribution < 1.29 is 19.1 Å². The van der Waals surface area contributed by atoms with E-state index in [0.29, 0.717) is 33.7 Å². The fraction of sp³-hybridized carbons (Fsp3) is 0.100. The molecule has 2 aromatic heterocycles. The SMILES string of the molecule is Cn1cc(/C=C2\Oc3c(ccc4c3C(c3cc5ccccc5[nH]c3=O)CC(=O)O4)C2=O)c2ccccc21. The van der Waals surface area contributed by atoms with Crippen molar-refractivity contribution in [3.05, 3.63) is 111 Å². The zero-order valence-corrected chi connectivity index (χ0v) is 19.8. The van der Waals surface area contributed by atoms with Crippen molar-refractivity contribution in [3.63, 3.8) is 0 Å². The second-order valence-electron chi connectivity index (χ2n) is 9.38. The van der Waals surface area contributed by atoms with Crippen LogP contribution in [0.25, 0.3) is 27.9 Å². The van der Waals surface area contributed by atoms with Gasteiger partial charge in [-0.15, -0.1) is 0 Å². The number of para-hydroxylation sites is 2. The molecule has 1 unspecified atom stereocenters. The number of ketones is 1. The van der Waals surface area contributed by atoms with E-state index >= 15 is 0 Å². The molecule has 0 fully saturated rings. The summed E-state index contributed by atoms with van der Waals surface area (Å²) in [5.41, 5.74) is 3.65. The molecule has 180 valence electrons. The summed E-state index contributed by atoms with van der Waals surface area (Å²) in [6, 6.07) is 20.4. The van der Waals surface area contributed by atoms with Crippen LogP contribution in [0.3, 0.4) is 0 Å². The number of carbonyl (C=O) groups is 2. The molecular weight excluding hydrogens is 468 g/mol. The molecule has 3 aromatic carbocycles. The highest BCUT2D eigenvalue weighted by Crippen LogP contribution is 2.48. The normalized spacial score (nSPS) is 17.6. The van der Waals surface area contributed by atoms with Crippen molar-refractivity contribution >= 4 is 39.6 Å². The summed E-state index contributed by atoms with van der Waals surface area (Å²) in [7, 11) is 1.95. The second kappa shape index (κ2) is 7.80. The zero-order chi connectivity index (χ0) is 25.3. The highest BCUT2D eigenvalue weighted by molar-refractivity contribution is 6.15. The van der Waals surface area contributed by atoms with E-state index < -0.39 is 11.9 Å². The molecule has 37 heavy (non-hydrogen) atoms. The smallest absolute Gasteiger partial charge is 0.312 e. The van der Waals surface area contributed by atoms with Gasteiger partial charge >= 0.3 is 5.97 Å². The lowest BCUT2D eigenvalue weighted by molar-refractivity contribution is -0.135. The van der Waals surface area contributed by atoms with E-state index in [-0.39, 0.29) is 23.5 Å². The van der Waals surface area contributed by atoms with Crippen molar-refractivity contribution in [2.75, 3.05) is 0 Å². The Morgan fingerprint density at radius 1 is 0.973 bits per heavy atom. The third-order valence-corrected chi connectivity index (χ3v) is 7.15. The molecule has 0 aliphatic carbocycles. The summed E-state index contributed by atoms with van der Waals surface area (Å²) in [6.45, 7) is 0. The minimum absolute atomic E-state index is 0.0369. The van der Waals surface area contributed by atoms with Crippen LogP contribution < -0.4 is 15.0 Å². The van der Waals surface area contributed by atoms with Gasteiger partial charge in [0.25, 0.3) is 5.56 Å². The van der Waals surface area contributed by atoms with Crippen LogP contribution in [0.4, 0.5) is 0 Å². The Kier molecular flexibility index (Phi) is 4.50. The first kappa shape index (κ1) is 21.4. The van der Waals surface area contributed by atoms with Crippen LogP contribution in [0, 0.1) is 0 Å². The number of benzene rings is 3. The Hall–Kier alpha value is -4.91. The van der Waals surface area contributed by atoms with E-state index in [4.69, 9.17) is 9.47 Å². The maximum atomic E-state index is 13.4. The van der Waals surface area contributed by atoms with Crippen molar-refractivity contribution in [1.82, 2.24) is 9.55 Å². The Balaban J connectivity index is 1.38. The quantitative estimate of drug-likeness (QED) is 0.213. The molecule has 0 spiro atoms. The van der Waals surface area contributed by atoms with E-state index in [0.717, 1.165) is 21.9 Å². The van der Waals surface area contributed by atoms with Gasteiger partial charge in [0.2, 0.25) is 5.78 Å². The van der Waals surface area contributed by atoms with Crippen molar-refractivity contribution in [2.24, 2.45) is 7.05 Å². The minimum Gasteiger partial charge on any atom is -0.452 e. The van der Waals surface area contributed by atoms with Crippen molar-refractivity contribution in [2.45, 2.75) is 12.3 Å². The lowest BCUT2D eigenvalue weighted by Crippen LogP contribution is -2.26. The van der Waals surface area contributed by atoms with Gasteiger partial charge in [-0.2, -0.15) is 0 Å². The van der Waals surface area contributed by atoms with Crippen LogP contribution in [0.2, 0.25) is 0 Å². The lowest BCUT2D eigenvalue weighted by Gasteiger charge is -2.26. The van der Waals surface area contributed by atoms with Crippen molar-refractivity contribution in [1.29, 1.82) is 0 Å². The molecule has 7 nitrogen and oxygen atoms in total. The minimum atomic E-state index is -0.621. The number of carbonyl (C=O) groups excluding carboxylic acids is 2. The summed E-state index contributed by atoms with van der Waals surface area (Å²) < 4.78 is 13.7. The molecule has 0 saturated heterocycles. The van der Waals surface area contributed by atoms with E-state index in [2.05, 4.69) is 4.98 Å². The Morgan fingerprint density at radius 2 is 1.78 bits per heavy atom. The highest BCUT2D eigenvalue weighted by atomic mass is 16.5. The average Bonchev–Trinajstić information content (AvgIpc) is 3.39. The maximum absolute atomic E-state index is 13.4. The van der Waals surface area contributed by atoms with Gasteiger partial charge in [0.05, 0.1) is 12.0 Å². The first-order chi connectivity index (χ1) is 18.0. The molecule has 0 amide bonds. The topological polar surface area (TPSA) is 90.4 Å². The van der Waals surface area contributed by atoms with Gasteiger partial charge in [-0.1, -0.05) is 36.4 Å². The van der Waals surface area contributed by atoms with Gasteiger partial charge < -0.3 is 19.0 Å². The molecule has 4 heterocycles. The monoisotopic (exact) mass is 488 g/mol. The number of esters is 1. The summed E-state index contributed by atoms with van der Waals surface area (Å²) in [5, 5.41) is 1.85. The van der Waals surface area contributed by atoms with E-state index in [1.54, 1.807) is 24.3 Å². The molecule has 0 saturated carbocycles. The number of allylic oxidation sites excluding steroid dienone is 1. The molecule has 5 aromatic rings. The standard InChI is InChI=1S/C30H20N2O5/c1-32-15-17(18-7-3-5-9-23(18)32)13-25-28(34)19-10-11-24-27(29(19)37-25)20(14-26(33)36-24)21-12-16-6-2-4-8-22(16)31-30(21)35/h2-13,15,20H,14H2,1H3,(H,31,35)/b25-13-. The van der Waals surface area contributed by atoms with Gasteiger partial charge in [0, 0.05) is 52.3 Å². The van der Waals surface area contributed by atoms with Gasteiger partial charge in [0.15, 0.2) is 5.76 Å². The number of H-pyrrole nitrogens is 1. The van der Waals surface area contributed by atoms with Crippen LogP contribution >= 0.6 is 0 Å². The number of Topliss-reactive ketones (excluding diaryl/α,β-unsaturated/α-hetero) is 1. The molecule has 2 aliphatic rings. The summed E-state index contributed by atoms with van der Waals surface area (Å²) in [5.74, 6) is -0.507. The highest BCUT2D eigenvalue weighted by Gasteiger charge is 2.39. The van der Waals surface area contributed by atoms with E-state index in [9.17, 15) is 14.4 Å². The number of aromatic amines is 1. The number of pyridine rings is 1. The van der Waals surface area contributed by atoms with E-state index in [1.807, 2.05) is 66.3 Å². The maximum Gasteiger partial charge on any atom is 0.312 e. The number of aromatic nitrogens is 2. The van der Waals surface area contributed by atoms with Gasteiger partial charge in [-0.05, 0) is 41.8 Å². The van der Waals surface area contributed by atoms with Crippen LogP contribution in [0.1, 0.15) is 39.4 Å². The number of nitrogens with one attached hydrogen (secondary N) is 1. The summed E-state index contributed by atoms with van der Waals surface area (Å²) in [6.07, 6.45) is 3.65. The number of rotatable bonds is 2. The second-order valence-corrected chi connectivity index (χ2v) is 9.38. The molecule has 0 bridgehead atoms. The first-order valence-electron chi connectivity index (χ1n) is 12.0. The van der Waals surface area contributed by atoms with Crippen LogP contribution in [-0.4, -0.2) is 21.3 Å². The number of hydrogen-bond acceptors (Lipinski definition) is 5. The van der Waals surface area contributed by atoms with Gasteiger partial charge in [0.1, 0.15) is 11.5 Å². The average molecular weight is 488 g/mol. The predicted octanol–water partition coefficient (Wildman–Crippen LogP) is 5.08. The molecule has 7 heteroatoms. The summed E-state index contributed by atoms with van der Waals surface area (Å²) >= 11 is 0. The van der Waals surface area contributed by atoms with Gasteiger partial charge in [-0.25, -0.2) is 0 Å². The number of nitrogens with zero attached hydrogens (tertiary/aromatic N) is 1. The molecule has 2 aliphatic heterocycles. The Labute approximate surface area is 210 Å². The van der Waals surface area contributed by atoms with Crippen LogP contribution in [-0.2, 0) is 11.8 Å². The largest absolute Gasteiger partial charge is 0.452 e. The molecular formula is C30H20N2O5. The predicted molar refractivity (Wildman–Crippen MR) is 139 cm³/mol. The fourth-order valence-electron chi connectivity index (χ4n) is 5.42. The number of hydrogen-bond donors (Lipinski definition) is 1. The van der Waals surface area contributed by atoms with Crippen molar-refractivity contribution in [3.8, 4) is 11.5 Å². The molecule has 7 rings (SSSR count). The third-order valence-electron chi connectivity index (χ3n) is 7.15. The Morgan fingerprint density at radius 3 is 2.68 bits per heavy atom. The Bertz CT molecular complexity index is 1890. The molecule has 0 radical (unpaired) electrons. The van der Waals surface area contributed by atoms with E-state index in [1.165, 1.54) is 0 Å². The van der Waals surface area contributed by atoms with Crippen LogP contribution in [0.15, 0.2) is 83.5 Å². The third kappa shape index (κ3) is 3.24. The zero-order valence-electron chi connectivity index (χ0n) is 19.8. The van der Waals surface area contributed by atoms with Gasteiger partial charge in [-0.3, -0.25) is 14.4 Å². The number of ether oxygens (including phenoxy) is 2. The number of aryl methyl sites for hydroxylation is 1. The number of fused-ring (bicyclic) bond motifs is 5. The summed E-state index contributed by atoms with van der Waals surface area (Å²) in [4.78, 5) is 42.0.